The summed E-state index contributed by atoms with van der Waals surface area (Å²) >= 11 is 3.53. The fourth-order valence-corrected chi connectivity index (χ4v) is 5.00. The summed E-state index contributed by atoms with van der Waals surface area (Å²) in [6, 6.07) is 28.6. The van der Waals surface area contributed by atoms with E-state index in [2.05, 4.69) is 106 Å². The Morgan fingerprint density at radius 1 is 0.875 bits per heavy atom. The Labute approximate surface area is 200 Å². The summed E-state index contributed by atoms with van der Waals surface area (Å²) in [7, 11) is 0. The standard InChI is InChI=1S/C28H31BrN2O/c1-20-18-31(21(2)17-30(20)19-23-9-15-27(29)16-10-23)28(25-7-5-4-6-8-25)26-13-11-24(12-14-26)22(3)32/h4-16,20-21,28H,17-19H2,1-3H3. The van der Waals surface area contributed by atoms with Crippen molar-refractivity contribution >= 4 is 21.7 Å². The van der Waals surface area contributed by atoms with Gasteiger partial charge < -0.3 is 0 Å². The molecule has 1 saturated heterocycles. The molecular weight excluding hydrogens is 460 g/mol. The van der Waals surface area contributed by atoms with Crippen LogP contribution >= 0.6 is 15.9 Å². The Hall–Kier alpha value is -2.27. The van der Waals surface area contributed by atoms with Crippen LogP contribution in [0, 0.1) is 0 Å². The number of hydrogen-bond acceptors (Lipinski definition) is 3. The molecule has 3 atom stereocenters. The van der Waals surface area contributed by atoms with Crippen LogP contribution in [0.3, 0.4) is 0 Å². The first kappa shape index (κ1) is 22.9. The van der Waals surface area contributed by atoms with E-state index in [1.807, 2.05) is 12.1 Å². The Balaban J connectivity index is 1.59. The van der Waals surface area contributed by atoms with Gasteiger partial charge in [-0.15, -0.1) is 0 Å². The highest BCUT2D eigenvalue weighted by Crippen LogP contribution is 2.33. The van der Waals surface area contributed by atoms with Gasteiger partial charge in [0.2, 0.25) is 0 Å². The number of hydrogen-bond donors (Lipinski definition) is 0. The van der Waals surface area contributed by atoms with E-state index in [-0.39, 0.29) is 11.8 Å². The molecule has 0 saturated carbocycles. The molecule has 0 bridgehead atoms. The molecule has 3 unspecified atom stereocenters. The van der Waals surface area contributed by atoms with Crippen LogP contribution in [-0.2, 0) is 6.54 Å². The van der Waals surface area contributed by atoms with Gasteiger partial charge in [-0.2, -0.15) is 0 Å². The predicted molar refractivity (Wildman–Crippen MR) is 135 cm³/mol. The van der Waals surface area contributed by atoms with Crippen molar-refractivity contribution in [1.29, 1.82) is 0 Å². The highest BCUT2D eigenvalue weighted by atomic mass is 79.9. The molecule has 0 amide bonds. The van der Waals surface area contributed by atoms with E-state index in [0.717, 1.165) is 29.7 Å². The second-order valence-electron chi connectivity index (χ2n) is 8.94. The molecule has 3 nitrogen and oxygen atoms in total. The zero-order valence-corrected chi connectivity index (χ0v) is 20.6. The second kappa shape index (κ2) is 10.1. The largest absolute Gasteiger partial charge is 0.295 e. The van der Waals surface area contributed by atoms with Gasteiger partial charge in [0.25, 0.3) is 0 Å². The molecule has 3 aromatic carbocycles. The molecule has 0 spiro atoms. The summed E-state index contributed by atoms with van der Waals surface area (Å²) in [5.41, 5.74) is 4.64. The van der Waals surface area contributed by atoms with Crippen molar-refractivity contribution in [2.45, 2.75) is 45.4 Å². The molecule has 0 radical (unpaired) electrons. The fourth-order valence-electron chi connectivity index (χ4n) is 4.74. The number of rotatable bonds is 6. The highest BCUT2D eigenvalue weighted by molar-refractivity contribution is 9.10. The lowest BCUT2D eigenvalue weighted by atomic mass is 9.92. The van der Waals surface area contributed by atoms with Gasteiger partial charge in [0, 0.05) is 41.8 Å². The van der Waals surface area contributed by atoms with Crippen LogP contribution in [0.4, 0.5) is 0 Å². The minimum atomic E-state index is 0.108. The van der Waals surface area contributed by atoms with Gasteiger partial charge in [-0.3, -0.25) is 14.6 Å². The average Bonchev–Trinajstić information content (AvgIpc) is 2.80. The Kier molecular flexibility index (Phi) is 7.24. The maximum Gasteiger partial charge on any atom is 0.159 e. The van der Waals surface area contributed by atoms with Gasteiger partial charge in [-0.25, -0.2) is 0 Å². The third kappa shape index (κ3) is 5.20. The molecule has 0 N–H and O–H groups in total. The number of ketones is 1. The number of Topliss-reactive ketones (excluding diaryl/α,β-unsaturated/α-hetero) is 1. The van der Waals surface area contributed by atoms with Crippen LogP contribution < -0.4 is 0 Å². The SMILES string of the molecule is CC(=O)c1ccc(C(c2ccccc2)N2CC(C)N(Cc3ccc(Br)cc3)CC2C)cc1. The number of halogens is 1. The molecule has 3 aromatic rings. The Morgan fingerprint density at radius 2 is 1.50 bits per heavy atom. The molecule has 1 fully saturated rings. The van der Waals surface area contributed by atoms with Crippen LogP contribution in [0.15, 0.2) is 83.3 Å². The van der Waals surface area contributed by atoms with Crippen LogP contribution in [-0.4, -0.2) is 40.8 Å². The van der Waals surface area contributed by atoms with Gasteiger partial charge in [0.05, 0.1) is 6.04 Å². The molecule has 1 aliphatic heterocycles. The first-order chi connectivity index (χ1) is 15.4. The summed E-state index contributed by atoms with van der Waals surface area (Å²) in [6.07, 6.45) is 0. The van der Waals surface area contributed by atoms with Gasteiger partial charge in [0.1, 0.15) is 0 Å². The van der Waals surface area contributed by atoms with E-state index in [9.17, 15) is 4.79 Å². The van der Waals surface area contributed by atoms with Crippen molar-refractivity contribution in [1.82, 2.24) is 9.80 Å². The van der Waals surface area contributed by atoms with Crippen LogP contribution in [0.25, 0.3) is 0 Å². The zero-order chi connectivity index (χ0) is 22.7. The van der Waals surface area contributed by atoms with Crippen molar-refractivity contribution in [3.63, 3.8) is 0 Å². The van der Waals surface area contributed by atoms with Crippen molar-refractivity contribution < 1.29 is 4.79 Å². The molecule has 4 heteroatoms. The van der Waals surface area contributed by atoms with Gasteiger partial charge in [0.15, 0.2) is 5.78 Å². The van der Waals surface area contributed by atoms with E-state index < -0.39 is 0 Å². The summed E-state index contributed by atoms with van der Waals surface area (Å²) in [6.45, 7) is 9.27. The molecule has 0 aliphatic carbocycles. The number of piperazine rings is 1. The predicted octanol–water partition coefficient (Wildman–Crippen LogP) is 6.34. The van der Waals surface area contributed by atoms with Crippen molar-refractivity contribution in [3.05, 3.63) is 106 Å². The Morgan fingerprint density at radius 3 is 2.12 bits per heavy atom. The third-order valence-electron chi connectivity index (χ3n) is 6.54. The van der Waals surface area contributed by atoms with E-state index in [1.165, 1.54) is 16.7 Å². The zero-order valence-electron chi connectivity index (χ0n) is 19.0. The smallest absolute Gasteiger partial charge is 0.159 e. The topological polar surface area (TPSA) is 23.6 Å². The molecule has 32 heavy (non-hydrogen) atoms. The third-order valence-corrected chi connectivity index (χ3v) is 7.07. The summed E-state index contributed by atoms with van der Waals surface area (Å²) in [5, 5.41) is 0. The van der Waals surface area contributed by atoms with E-state index in [0.29, 0.717) is 12.1 Å². The van der Waals surface area contributed by atoms with E-state index >= 15 is 0 Å². The maximum atomic E-state index is 11.8. The monoisotopic (exact) mass is 490 g/mol. The number of carbonyl (C=O) groups excluding carboxylic acids is 1. The minimum Gasteiger partial charge on any atom is -0.295 e. The molecule has 4 rings (SSSR count). The fraction of sp³-hybridized carbons (Fsp3) is 0.321. The average molecular weight is 491 g/mol. The van der Waals surface area contributed by atoms with Gasteiger partial charge >= 0.3 is 0 Å². The van der Waals surface area contributed by atoms with Crippen LogP contribution in [0.2, 0.25) is 0 Å². The van der Waals surface area contributed by atoms with Crippen LogP contribution in [0.1, 0.15) is 53.9 Å². The molecule has 0 aromatic heterocycles. The Bertz CT molecular complexity index is 1030. The quantitative estimate of drug-likeness (QED) is 0.376. The van der Waals surface area contributed by atoms with E-state index in [4.69, 9.17) is 0 Å². The lowest BCUT2D eigenvalue weighted by Gasteiger charge is -2.47. The second-order valence-corrected chi connectivity index (χ2v) is 9.86. The van der Waals surface area contributed by atoms with Crippen molar-refractivity contribution in [2.24, 2.45) is 0 Å². The highest BCUT2D eigenvalue weighted by Gasteiger charge is 2.34. The molecular formula is C28H31BrN2O. The first-order valence-electron chi connectivity index (χ1n) is 11.3. The summed E-state index contributed by atoms with van der Waals surface area (Å²) in [5.74, 6) is 0.108. The number of benzene rings is 3. The summed E-state index contributed by atoms with van der Waals surface area (Å²) < 4.78 is 1.12. The normalized spacial score (nSPS) is 20.8. The van der Waals surface area contributed by atoms with Gasteiger partial charge in [-0.1, -0.05) is 82.7 Å². The summed E-state index contributed by atoms with van der Waals surface area (Å²) in [4.78, 5) is 17.0. The molecule has 1 aliphatic rings. The maximum absolute atomic E-state index is 11.8. The molecule has 166 valence electrons. The lowest BCUT2D eigenvalue weighted by Crippen LogP contribution is -2.56. The van der Waals surface area contributed by atoms with Crippen molar-refractivity contribution in [2.75, 3.05) is 13.1 Å². The van der Waals surface area contributed by atoms with E-state index in [1.54, 1.807) is 6.92 Å². The van der Waals surface area contributed by atoms with Crippen molar-refractivity contribution in [3.8, 4) is 0 Å². The van der Waals surface area contributed by atoms with Gasteiger partial charge in [-0.05, 0) is 49.6 Å². The first-order valence-corrected chi connectivity index (χ1v) is 12.1. The lowest BCUT2D eigenvalue weighted by molar-refractivity contribution is 0.0195. The minimum absolute atomic E-state index is 0.108. The van der Waals surface area contributed by atoms with Crippen LogP contribution in [0.5, 0.6) is 0 Å². The number of nitrogens with zero attached hydrogens (tertiary/aromatic N) is 2. The number of carbonyl (C=O) groups is 1. The molecule has 1 heterocycles.